The first kappa shape index (κ1) is 14.4. The van der Waals surface area contributed by atoms with Crippen LogP contribution in [-0.4, -0.2) is 36.7 Å². The zero-order chi connectivity index (χ0) is 8.20. The van der Waals surface area contributed by atoms with Crippen molar-refractivity contribution in [3.63, 3.8) is 0 Å². The summed E-state index contributed by atoms with van der Waals surface area (Å²) in [6.07, 6.45) is 0. The summed E-state index contributed by atoms with van der Waals surface area (Å²) >= 11 is 17.2. The van der Waals surface area contributed by atoms with E-state index in [4.69, 9.17) is 34.8 Å². The second-order valence-electron chi connectivity index (χ2n) is 1.97. The Balaban J connectivity index is 0. The molecule has 0 aliphatic heterocycles. The van der Waals surface area contributed by atoms with Crippen LogP contribution >= 0.6 is 34.8 Å². The Kier molecular flexibility index (Phi) is 8.41. The maximum atomic E-state index is 5.85. The highest BCUT2D eigenvalue weighted by atomic mass is 35.5. The number of hydrogen-bond acceptors (Lipinski definition) is 1. The van der Waals surface area contributed by atoms with Gasteiger partial charge in [0.25, 0.3) is 0 Å². The highest BCUT2D eigenvalue weighted by molar-refractivity contribution is 6.51. The van der Waals surface area contributed by atoms with Crippen LogP contribution in [0.4, 0.5) is 0 Å². The lowest BCUT2D eigenvalue weighted by atomic mass is 10.5. The third kappa shape index (κ3) is 4.46. The van der Waals surface area contributed by atoms with E-state index >= 15 is 0 Å². The van der Waals surface area contributed by atoms with Gasteiger partial charge >= 0.3 is 0 Å². The Morgan fingerprint density at radius 2 is 1.55 bits per heavy atom. The van der Waals surface area contributed by atoms with E-state index in [0.717, 1.165) is 13.1 Å². The maximum Gasteiger partial charge on any atom is 0.184 e. The van der Waals surface area contributed by atoms with Crippen molar-refractivity contribution in [1.29, 1.82) is 0 Å². The summed E-state index contributed by atoms with van der Waals surface area (Å²) in [5.74, 6) is 0.234. The topological polar surface area (TPSA) is 3.24 Å². The summed E-state index contributed by atoms with van der Waals surface area (Å²) in [6, 6.07) is 0. The van der Waals surface area contributed by atoms with Crippen molar-refractivity contribution in [1.82, 2.24) is 4.90 Å². The molecule has 0 aromatic heterocycles. The standard InChI is InChI=1S/C6H12Cl3N.B/c1-3-10(4-2)6(8,9)5-7;/h3-5H2,1-2H3;. The molecule has 0 rings (SSSR count). The fraction of sp³-hybridized carbons (Fsp3) is 1.00. The summed E-state index contributed by atoms with van der Waals surface area (Å²) in [5.41, 5.74) is 0. The molecule has 0 saturated carbocycles. The maximum absolute atomic E-state index is 5.85. The fourth-order valence-corrected chi connectivity index (χ4v) is 1.42. The zero-order valence-electron chi connectivity index (χ0n) is 6.78. The molecule has 0 unspecified atom stereocenters. The van der Waals surface area contributed by atoms with Gasteiger partial charge in [-0.05, 0) is 13.1 Å². The first-order valence-corrected chi connectivity index (χ1v) is 4.56. The Labute approximate surface area is 85.6 Å². The van der Waals surface area contributed by atoms with E-state index in [-0.39, 0.29) is 14.3 Å². The van der Waals surface area contributed by atoms with Crippen molar-refractivity contribution < 1.29 is 0 Å². The predicted octanol–water partition coefficient (Wildman–Crippen LogP) is 2.32. The molecule has 65 valence electrons. The lowest BCUT2D eigenvalue weighted by Crippen LogP contribution is -2.40. The van der Waals surface area contributed by atoms with Gasteiger partial charge in [0.2, 0.25) is 0 Å². The first-order chi connectivity index (χ1) is 4.58. The van der Waals surface area contributed by atoms with E-state index in [9.17, 15) is 0 Å². The largest absolute Gasteiger partial charge is 0.272 e. The SMILES string of the molecule is CCN(CC)C(Cl)(Cl)CCl.[B]. The summed E-state index contributed by atoms with van der Waals surface area (Å²) in [4.78, 5) is 1.89. The molecule has 0 aromatic carbocycles. The minimum absolute atomic E-state index is 0. The van der Waals surface area contributed by atoms with E-state index < -0.39 is 4.46 Å². The molecule has 0 N–H and O–H groups in total. The van der Waals surface area contributed by atoms with Crippen LogP contribution in [0.1, 0.15) is 13.8 Å². The van der Waals surface area contributed by atoms with Crippen LogP contribution in [0.15, 0.2) is 0 Å². The van der Waals surface area contributed by atoms with Gasteiger partial charge in [-0.3, -0.25) is 4.90 Å². The summed E-state index contributed by atoms with van der Waals surface area (Å²) in [5, 5.41) is 0. The molecule has 0 saturated heterocycles. The van der Waals surface area contributed by atoms with Gasteiger partial charge in [-0.15, -0.1) is 11.6 Å². The van der Waals surface area contributed by atoms with E-state index in [0.29, 0.717) is 0 Å². The molecule has 0 amide bonds. The predicted molar refractivity (Wildman–Crippen MR) is 53.8 cm³/mol. The van der Waals surface area contributed by atoms with Gasteiger partial charge in [-0.1, -0.05) is 37.0 Å². The molecule has 0 bridgehead atoms. The Hall–Kier alpha value is 0.895. The number of nitrogens with zero attached hydrogens (tertiary/aromatic N) is 1. The molecule has 0 aliphatic carbocycles. The molecule has 0 aliphatic rings. The van der Waals surface area contributed by atoms with E-state index in [1.807, 2.05) is 18.7 Å². The molecular weight excluding hydrogens is 203 g/mol. The Morgan fingerprint density at radius 3 is 1.64 bits per heavy atom. The van der Waals surface area contributed by atoms with Gasteiger partial charge in [-0.2, -0.15) is 0 Å². The minimum Gasteiger partial charge on any atom is -0.272 e. The molecule has 0 fully saturated rings. The normalized spacial score (nSPS) is 11.5. The summed E-state index contributed by atoms with van der Waals surface area (Å²) in [7, 11) is 0. The number of alkyl halides is 3. The van der Waals surface area contributed by atoms with Crippen molar-refractivity contribution in [3.05, 3.63) is 0 Å². The molecule has 11 heavy (non-hydrogen) atoms. The van der Waals surface area contributed by atoms with Crippen molar-refractivity contribution in [2.24, 2.45) is 0 Å². The van der Waals surface area contributed by atoms with Crippen molar-refractivity contribution in [2.75, 3.05) is 19.0 Å². The molecule has 0 atom stereocenters. The van der Waals surface area contributed by atoms with Crippen molar-refractivity contribution in [2.45, 2.75) is 18.3 Å². The molecule has 3 radical (unpaired) electrons. The van der Waals surface area contributed by atoms with Crippen molar-refractivity contribution in [3.8, 4) is 0 Å². The van der Waals surface area contributed by atoms with Crippen LogP contribution in [0, 0.1) is 0 Å². The van der Waals surface area contributed by atoms with Gasteiger partial charge in [0.1, 0.15) is 0 Å². The molecular formula is C6H12BCl3N. The number of rotatable bonds is 4. The van der Waals surface area contributed by atoms with Crippen molar-refractivity contribution >= 4 is 43.2 Å². The van der Waals surface area contributed by atoms with E-state index in [2.05, 4.69) is 0 Å². The monoisotopic (exact) mass is 214 g/mol. The highest BCUT2D eigenvalue weighted by Crippen LogP contribution is 2.26. The second kappa shape index (κ2) is 6.42. The van der Waals surface area contributed by atoms with Crippen LogP contribution in [-0.2, 0) is 0 Å². The van der Waals surface area contributed by atoms with Gasteiger partial charge in [0.15, 0.2) is 4.46 Å². The zero-order valence-corrected chi connectivity index (χ0v) is 9.05. The molecule has 0 spiro atoms. The average Bonchev–Trinajstić information content (AvgIpc) is 1.90. The lowest BCUT2D eigenvalue weighted by molar-refractivity contribution is 0.265. The van der Waals surface area contributed by atoms with Gasteiger partial charge in [0, 0.05) is 8.41 Å². The first-order valence-electron chi connectivity index (χ1n) is 3.27. The molecule has 1 nitrogen and oxygen atoms in total. The summed E-state index contributed by atoms with van der Waals surface area (Å²) in [6.45, 7) is 5.62. The van der Waals surface area contributed by atoms with Gasteiger partial charge in [-0.25, -0.2) is 0 Å². The molecule has 5 heteroatoms. The minimum atomic E-state index is -0.898. The lowest BCUT2D eigenvalue weighted by Gasteiger charge is -2.30. The average molecular weight is 215 g/mol. The van der Waals surface area contributed by atoms with Crippen LogP contribution in [0.2, 0.25) is 0 Å². The van der Waals surface area contributed by atoms with Crippen LogP contribution < -0.4 is 0 Å². The smallest absolute Gasteiger partial charge is 0.184 e. The third-order valence-corrected chi connectivity index (χ3v) is 2.79. The fourth-order valence-electron chi connectivity index (χ4n) is 0.771. The van der Waals surface area contributed by atoms with Gasteiger partial charge in [0.05, 0.1) is 5.88 Å². The van der Waals surface area contributed by atoms with Crippen LogP contribution in [0.3, 0.4) is 0 Å². The van der Waals surface area contributed by atoms with E-state index in [1.54, 1.807) is 0 Å². The number of halogens is 3. The quantitative estimate of drug-likeness (QED) is 0.395. The van der Waals surface area contributed by atoms with Crippen LogP contribution in [0.5, 0.6) is 0 Å². The van der Waals surface area contributed by atoms with Gasteiger partial charge < -0.3 is 0 Å². The highest BCUT2D eigenvalue weighted by Gasteiger charge is 2.28. The Morgan fingerprint density at radius 1 is 1.18 bits per heavy atom. The van der Waals surface area contributed by atoms with E-state index in [1.165, 1.54) is 0 Å². The Bertz CT molecular complexity index is 95.8. The third-order valence-electron chi connectivity index (χ3n) is 1.39. The summed E-state index contributed by atoms with van der Waals surface area (Å²) < 4.78 is -0.898. The second-order valence-corrected chi connectivity index (χ2v) is 3.68. The number of hydrogen-bond donors (Lipinski definition) is 0. The molecule has 0 heterocycles. The molecule has 0 aromatic rings. The van der Waals surface area contributed by atoms with Crippen LogP contribution in [0.25, 0.3) is 0 Å².